The van der Waals surface area contributed by atoms with E-state index in [1.54, 1.807) is 0 Å². The lowest BCUT2D eigenvalue weighted by molar-refractivity contribution is 0.00578. The van der Waals surface area contributed by atoms with E-state index in [-0.39, 0.29) is 18.3 Å². The number of rotatable bonds is 4. The smallest absolute Gasteiger partial charge is 0.399 e. The van der Waals surface area contributed by atoms with Crippen LogP contribution in [-0.4, -0.2) is 52.1 Å². The SMILES string of the molecule is CCN1CCCC1Cn1cc(B2OC(C)(C)C(C)(C)O2)cn1. The lowest BCUT2D eigenvalue weighted by Gasteiger charge is -2.32. The Bertz CT molecular complexity index is 513. The molecule has 2 aliphatic heterocycles. The van der Waals surface area contributed by atoms with Crippen LogP contribution in [0.3, 0.4) is 0 Å². The van der Waals surface area contributed by atoms with Gasteiger partial charge in [-0.05, 0) is 53.6 Å². The van der Waals surface area contributed by atoms with Crippen molar-refractivity contribution in [1.82, 2.24) is 14.7 Å². The highest BCUT2D eigenvalue weighted by molar-refractivity contribution is 6.61. The van der Waals surface area contributed by atoms with E-state index in [2.05, 4.69) is 50.8 Å². The van der Waals surface area contributed by atoms with Crippen LogP contribution in [0.5, 0.6) is 0 Å². The van der Waals surface area contributed by atoms with Gasteiger partial charge in [-0.1, -0.05) is 6.92 Å². The molecule has 3 rings (SSSR count). The molecular formula is C16H28BN3O2. The molecule has 0 aliphatic carbocycles. The fourth-order valence-corrected chi connectivity index (χ4v) is 3.31. The zero-order valence-electron chi connectivity index (χ0n) is 14.5. The molecule has 1 aromatic heterocycles. The zero-order chi connectivity index (χ0) is 16.0. The quantitative estimate of drug-likeness (QED) is 0.793. The molecule has 122 valence electrons. The number of hydrogen-bond donors (Lipinski definition) is 0. The third-order valence-electron chi connectivity index (χ3n) is 5.48. The molecule has 0 bridgehead atoms. The van der Waals surface area contributed by atoms with Crippen molar-refractivity contribution in [2.45, 2.75) is 71.2 Å². The molecule has 6 heteroatoms. The van der Waals surface area contributed by atoms with Crippen LogP contribution in [0.4, 0.5) is 0 Å². The van der Waals surface area contributed by atoms with Gasteiger partial charge in [0.25, 0.3) is 0 Å². The number of likely N-dealkylation sites (N-methyl/N-ethyl adjacent to an activating group) is 1. The molecule has 2 aliphatic rings. The number of aromatic nitrogens is 2. The predicted octanol–water partition coefficient (Wildman–Crippen LogP) is 1.67. The van der Waals surface area contributed by atoms with Crippen LogP contribution >= 0.6 is 0 Å². The zero-order valence-corrected chi connectivity index (χ0v) is 14.5. The first kappa shape index (κ1) is 16.0. The van der Waals surface area contributed by atoms with Gasteiger partial charge in [0, 0.05) is 23.9 Å². The van der Waals surface area contributed by atoms with E-state index >= 15 is 0 Å². The molecule has 22 heavy (non-hydrogen) atoms. The third kappa shape index (κ3) is 2.84. The van der Waals surface area contributed by atoms with Crippen LogP contribution in [-0.2, 0) is 15.9 Å². The average Bonchev–Trinajstić information content (AvgIpc) is 3.10. The predicted molar refractivity (Wildman–Crippen MR) is 88.2 cm³/mol. The Morgan fingerprint density at radius 3 is 2.59 bits per heavy atom. The van der Waals surface area contributed by atoms with Gasteiger partial charge in [0.2, 0.25) is 0 Å². The fraction of sp³-hybridized carbons (Fsp3) is 0.812. The second-order valence-corrected chi connectivity index (χ2v) is 7.51. The van der Waals surface area contributed by atoms with Crippen molar-refractivity contribution in [3.63, 3.8) is 0 Å². The van der Waals surface area contributed by atoms with E-state index in [9.17, 15) is 0 Å². The molecule has 0 saturated carbocycles. The Hall–Kier alpha value is -0.845. The molecule has 2 fully saturated rings. The van der Waals surface area contributed by atoms with Crippen molar-refractivity contribution in [1.29, 1.82) is 0 Å². The molecule has 5 nitrogen and oxygen atoms in total. The highest BCUT2D eigenvalue weighted by atomic mass is 16.7. The molecule has 2 saturated heterocycles. The van der Waals surface area contributed by atoms with Crippen LogP contribution in [0.25, 0.3) is 0 Å². The third-order valence-corrected chi connectivity index (χ3v) is 5.48. The minimum atomic E-state index is -0.315. The van der Waals surface area contributed by atoms with Crippen molar-refractivity contribution in [2.24, 2.45) is 0 Å². The second-order valence-electron chi connectivity index (χ2n) is 7.51. The first-order chi connectivity index (χ1) is 10.3. The van der Waals surface area contributed by atoms with E-state index in [0.717, 1.165) is 18.6 Å². The Labute approximate surface area is 134 Å². The first-order valence-electron chi connectivity index (χ1n) is 8.44. The largest absolute Gasteiger partial charge is 0.498 e. The summed E-state index contributed by atoms with van der Waals surface area (Å²) in [6, 6.07) is 0.607. The molecule has 0 amide bonds. The molecule has 0 spiro atoms. The van der Waals surface area contributed by atoms with Crippen molar-refractivity contribution in [3.8, 4) is 0 Å². The van der Waals surface area contributed by atoms with E-state index < -0.39 is 0 Å². The maximum atomic E-state index is 6.09. The normalized spacial score (nSPS) is 27.7. The maximum Gasteiger partial charge on any atom is 0.498 e. The molecule has 1 unspecified atom stereocenters. The molecule has 0 N–H and O–H groups in total. The van der Waals surface area contributed by atoms with Crippen LogP contribution in [0, 0.1) is 0 Å². The first-order valence-corrected chi connectivity index (χ1v) is 8.44. The van der Waals surface area contributed by atoms with Gasteiger partial charge in [-0.2, -0.15) is 5.10 Å². The number of nitrogens with zero attached hydrogens (tertiary/aromatic N) is 3. The monoisotopic (exact) mass is 305 g/mol. The van der Waals surface area contributed by atoms with E-state index in [0.29, 0.717) is 6.04 Å². The summed E-state index contributed by atoms with van der Waals surface area (Å²) < 4.78 is 14.2. The van der Waals surface area contributed by atoms with E-state index in [1.165, 1.54) is 19.4 Å². The van der Waals surface area contributed by atoms with E-state index in [1.807, 2.05) is 10.9 Å². The summed E-state index contributed by atoms with van der Waals surface area (Å²) in [6.45, 7) is 13.8. The number of likely N-dealkylation sites (tertiary alicyclic amines) is 1. The van der Waals surface area contributed by atoms with Crippen molar-refractivity contribution < 1.29 is 9.31 Å². The summed E-state index contributed by atoms with van der Waals surface area (Å²) in [6.07, 6.45) is 6.52. The van der Waals surface area contributed by atoms with Gasteiger partial charge in [0.05, 0.1) is 17.7 Å². The Balaban J connectivity index is 1.67. The van der Waals surface area contributed by atoms with Crippen molar-refractivity contribution in [3.05, 3.63) is 12.4 Å². The molecule has 0 radical (unpaired) electrons. The summed E-state index contributed by atoms with van der Waals surface area (Å²) in [5, 5.41) is 4.52. The lowest BCUT2D eigenvalue weighted by atomic mass is 9.82. The molecule has 1 atom stereocenters. The van der Waals surface area contributed by atoms with Gasteiger partial charge >= 0.3 is 7.12 Å². The highest BCUT2D eigenvalue weighted by Gasteiger charge is 2.52. The Morgan fingerprint density at radius 1 is 1.27 bits per heavy atom. The molecule has 1 aromatic rings. The lowest BCUT2D eigenvalue weighted by Crippen LogP contribution is -2.41. The molecule has 0 aromatic carbocycles. The van der Waals surface area contributed by atoms with Gasteiger partial charge in [0.1, 0.15) is 0 Å². The van der Waals surface area contributed by atoms with Gasteiger partial charge in [-0.3, -0.25) is 9.58 Å². The van der Waals surface area contributed by atoms with E-state index in [4.69, 9.17) is 9.31 Å². The van der Waals surface area contributed by atoms with Gasteiger partial charge in [-0.25, -0.2) is 0 Å². The topological polar surface area (TPSA) is 39.5 Å². The van der Waals surface area contributed by atoms with Crippen LogP contribution < -0.4 is 5.46 Å². The maximum absolute atomic E-state index is 6.09. The average molecular weight is 305 g/mol. The minimum absolute atomic E-state index is 0.301. The fourth-order valence-electron chi connectivity index (χ4n) is 3.31. The Kier molecular flexibility index (Phi) is 4.12. The number of hydrogen-bond acceptors (Lipinski definition) is 4. The summed E-state index contributed by atoms with van der Waals surface area (Å²) in [7, 11) is -0.315. The van der Waals surface area contributed by atoms with Crippen LogP contribution in [0.2, 0.25) is 0 Å². The summed E-state index contributed by atoms with van der Waals surface area (Å²) in [5.74, 6) is 0. The van der Waals surface area contributed by atoms with Gasteiger partial charge in [-0.15, -0.1) is 0 Å². The van der Waals surface area contributed by atoms with Crippen molar-refractivity contribution >= 4 is 12.6 Å². The highest BCUT2D eigenvalue weighted by Crippen LogP contribution is 2.36. The van der Waals surface area contributed by atoms with Gasteiger partial charge in [0.15, 0.2) is 0 Å². The molecular weight excluding hydrogens is 277 g/mol. The second kappa shape index (κ2) is 5.66. The van der Waals surface area contributed by atoms with Crippen molar-refractivity contribution in [2.75, 3.05) is 13.1 Å². The molecule has 3 heterocycles. The van der Waals surface area contributed by atoms with Crippen LogP contribution in [0.15, 0.2) is 12.4 Å². The van der Waals surface area contributed by atoms with Gasteiger partial charge < -0.3 is 9.31 Å². The summed E-state index contributed by atoms with van der Waals surface area (Å²) >= 11 is 0. The Morgan fingerprint density at radius 2 is 1.95 bits per heavy atom. The summed E-state index contributed by atoms with van der Waals surface area (Å²) in [5.41, 5.74) is 0.411. The summed E-state index contributed by atoms with van der Waals surface area (Å²) in [4.78, 5) is 2.54. The minimum Gasteiger partial charge on any atom is -0.399 e. The van der Waals surface area contributed by atoms with Crippen LogP contribution in [0.1, 0.15) is 47.5 Å². The standard InChI is InChI=1S/C16H28BN3O2/c1-6-19-9-7-8-14(19)12-20-11-13(10-18-20)17-21-15(2,3)16(4,5)22-17/h10-11,14H,6-9,12H2,1-5H3.